The molecule has 2 unspecified atom stereocenters. The fourth-order valence-corrected chi connectivity index (χ4v) is 3.02. The smallest absolute Gasteiger partial charge is 0.119 e. The van der Waals surface area contributed by atoms with E-state index in [9.17, 15) is 5.11 Å². The van der Waals surface area contributed by atoms with E-state index in [2.05, 4.69) is 0 Å². The van der Waals surface area contributed by atoms with Crippen molar-refractivity contribution in [2.45, 2.75) is 37.9 Å². The second-order valence-corrected chi connectivity index (χ2v) is 5.61. The van der Waals surface area contributed by atoms with Gasteiger partial charge in [-0.25, -0.2) is 0 Å². The van der Waals surface area contributed by atoms with Crippen molar-refractivity contribution in [2.24, 2.45) is 11.7 Å². The summed E-state index contributed by atoms with van der Waals surface area (Å²) in [7, 11) is 1.68. The molecular formula is C16H25NO3. The topological polar surface area (TPSA) is 64.7 Å². The number of benzene rings is 1. The van der Waals surface area contributed by atoms with Crippen LogP contribution in [0.5, 0.6) is 5.75 Å². The lowest BCUT2D eigenvalue weighted by Crippen LogP contribution is -2.41. The molecule has 0 spiro atoms. The summed E-state index contributed by atoms with van der Waals surface area (Å²) in [6, 6.07) is 7.92. The highest BCUT2D eigenvalue weighted by Gasteiger charge is 2.39. The average Bonchev–Trinajstić information content (AvgIpc) is 2.82. The summed E-state index contributed by atoms with van der Waals surface area (Å²) in [5.74, 6) is 1.11. The lowest BCUT2D eigenvalue weighted by Gasteiger charge is -2.28. The monoisotopic (exact) mass is 279 g/mol. The number of ether oxygens (including phenoxy) is 2. The molecule has 112 valence electrons. The van der Waals surface area contributed by atoms with E-state index in [0.29, 0.717) is 19.8 Å². The number of rotatable bonds is 7. The summed E-state index contributed by atoms with van der Waals surface area (Å²) in [5, 5.41) is 10.4. The first-order chi connectivity index (χ1) is 9.68. The predicted molar refractivity (Wildman–Crippen MR) is 78.6 cm³/mol. The van der Waals surface area contributed by atoms with Crippen LogP contribution < -0.4 is 10.5 Å². The van der Waals surface area contributed by atoms with E-state index in [4.69, 9.17) is 15.2 Å². The summed E-state index contributed by atoms with van der Waals surface area (Å²) in [6.45, 7) is 1.55. The molecule has 1 aliphatic rings. The molecule has 0 radical (unpaired) electrons. The van der Waals surface area contributed by atoms with E-state index < -0.39 is 5.60 Å². The minimum absolute atomic E-state index is 0.259. The number of hydrogen-bond acceptors (Lipinski definition) is 4. The quantitative estimate of drug-likeness (QED) is 0.802. The third kappa shape index (κ3) is 3.72. The van der Waals surface area contributed by atoms with Gasteiger partial charge in [0.1, 0.15) is 5.75 Å². The lowest BCUT2D eigenvalue weighted by atomic mass is 9.88. The summed E-state index contributed by atoms with van der Waals surface area (Å²) in [4.78, 5) is 0. The normalized spacial score (nSPS) is 25.9. The molecule has 4 nitrogen and oxygen atoms in total. The fraction of sp³-hybridized carbons (Fsp3) is 0.625. The second kappa shape index (κ2) is 7.07. The molecule has 0 heterocycles. The van der Waals surface area contributed by atoms with Gasteiger partial charge in [0.2, 0.25) is 0 Å². The Morgan fingerprint density at radius 2 is 2.30 bits per heavy atom. The van der Waals surface area contributed by atoms with E-state index in [1.807, 2.05) is 24.3 Å². The van der Waals surface area contributed by atoms with Gasteiger partial charge in [0.25, 0.3) is 0 Å². The van der Waals surface area contributed by atoms with Gasteiger partial charge in [-0.1, -0.05) is 18.6 Å². The molecule has 0 amide bonds. The van der Waals surface area contributed by atoms with Crippen molar-refractivity contribution in [1.82, 2.24) is 0 Å². The van der Waals surface area contributed by atoms with Gasteiger partial charge in [0.15, 0.2) is 0 Å². The first kappa shape index (κ1) is 15.3. The van der Waals surface area contributed by atoms with E-state index >= 15 is 0 Å². The summed E-state index contributed by atoms with van der Waals surface area (Å²) >= 11 is 0. The molecule has 4 heteroatoms. The van der Waals surface area contributed by atoms with Crippen LogP contribution in [0.2, 0.25) is 0 Å². The maximum atomic E-state index is 10.4. The Balaban J connectivity index is 1.82. The Bertz CT molecular complexity index is 424. The highest BCUT2D eigenvalue weighted by atomic mass is 16.5. The maximum absolute atomic E-state index is 10.4. The molecule has 1 saturated carbocycles. The number of hydrogen-bond donors (Lipinski definition) is 2. The summed E-state index contributed by atoms with van der Waals surface area (Å²) in [6.07, 6.45) is 3.77. The van der Waals surface area contributed by atoms with Crippen molar-refractivity contribution in [3.8, 4) is 5.75 Å². The van der Waals surface area contributed by atoms with Crippen LogP contribution in [0.3, 0.4) is 0 Å². The van der Waals surface area contributed by atoms with Crippen molar-refractivity contribution in [1.29, 1.82) is 0 Å². The Labute approximate surface area is 120 Å². The van der Waals surface area contributed by atoms with Gasteiger partial charge in [-0.2, -0.15) is 0 Å². The molecule has 1 aromatic rings. The largest absolute Gasteiger partial charge is 0.494 e. The Morgan fingerprint density at radius 1 is 1.45 bits per heavy atom. The molecule has 1 aliphatic carbocycles. The highest BCUT2D eigenvalue weighted by molar-refractivity contribution is 5.28. The van der Waals surface area contributed by atoms with E-state index in [1.54, 1.807) is 7.11 Å². The minimum atomic E-state index is -0.679. The molecule has 0 aliphatic heterocycles. The van der Waals surface area contributed by atoms with E-state index in [0.717, 1.165) is 37.0 Å². The molecule has 20 heavy (non-hydrogen) atoms. The average molecular weight is 279 g/mol. The molecule has 2 atom stereocenters. The van der Waals surface area contributed by atoms with Crippen LogP contribution in [-0.4, -0.2) is 31.0 Å². The Morgan fingerprint density at radius 3 is 3.05 bits per heavy atom. The molecular weight excluding hydrogens is 254 g/mol. The molecule has 0 saturated heterocycles. The van der Waals surface area contributed by atoms with E-state index in [1.165, 1.54) is 0 Å². The number of methoxy groups -OCH3 is 1. The van der Waals surface area contributed by atoms with Gasteiger partial charge < -0.3 is 20.3 Å². The maximum Gasteiger partial charge on any atom is 0.119 e. The Hall–Kier alpha value is -1.10. The molecule has 3 N–H and O–H groups in total. The zero-order valence-electron chi connectivity index (χ0n) is 12.2. The van der Waals surface area contributed by atoms with Crippen molar-refractivity contribution >= 4 is 0 Å². The van der Waals surface area contributed by atoms with Crippen LogP contribution in [0.15, 0.2) is 24.3 Å². The van der Waals surface area contributed by atoms with Crippen LogP contribution >= 0.6 is 0 Å². The SMILES string of the molecule is COCc1cccc(OCCC2CCCC2(O)CN)c1. The summed E-state index contributed by atoms with van der Waals surface area (Å²) < 4.78 is 10.9. The van der Waals surface area contributed by atoms with Crippen molar-refractivity contribution in [3.63, 3.8) is 0 Å². The lowest BCUT2D eigenvalue weighted by molar-refractivity contribution is 0.00354. The van der Waals surface area contributed by atoms with Crippen LogP contribution in [-0.2, 0) is 11.3 Å². The predicted octanol–water partition coefficient (Wildman–Crippen LogP) is 2.09. The van der Waals surface area contributed by atoms with Gasteiger partial charge >= 0.3 is 0 Å². The minimum Gasteiger partial charge on any atom is -0.494 e. The molecule has 2 rings (SSSR count). The molecule has 1 aromatic carbocycles. The van der Waals surface area contributed by atoms with Crippen LogP contribution in [0.4, 0.5) is 0 Å². The van der Waals surface area contributed by atoms with Crippen LogP contribution in [0.1, 0.15) is 31.2 Å². The molecule has 0 bridgehead atoms. The highest BCUT2D eigenvalue weighted by Crippen LogP contribution is 2.37. The van der Waals surface area contributed by atoms with E-state index in [-0.39, 0.29) is 5.92 Å². The van der Waals surface area contributed by atoms with Crippen molar-refractivity contribution in [3.05, 3.63) is 29.8 Å². The third-order valence-corrected chi connectivity index (χ3v) is 4.22. The van der Waals surface area contributed by atoms with Crippen molar-refractivity contribution in [2.75, 3.05) is 20.3 Å². The van der Waals surface area contributed by atoms with Crippen molar-refractivity contribution < 1.29 is 14.6 Å². The number of nitrogens with two attached hydrogens (primary N) is 1. The zero-order chi connectivity index (χ0) is 14.4. The second-order valence-electron chi connectivity index (χ2n) is 5.61. The van der Waals surface area contributed by atoms with Gasteiger partial charge in [-0.15, -0.1) is 0 Å². The first-order valence-electron chi connectivity index (χ1n) is 7.31. The van der Waals surface area contributed by atoms with Gasteiger partial charge in [0, 0.05) is 13.7 Å². The zero-order valence-corrected chi connectivity index (χ0v) is 12.2. The van der Waals surface area contributed by atoms with Crippen LogP contribution in [0, 0.1) is 5.92 Å². The summed E-state index contributed by atoms with van der Waals surface area (Å²) in [5.41, 5.74) is 6.11. The third-order valence-electron chi connectivity index (χ3n) is 4.22. The van der Waals surface area contributed by atoms with Gasteiger partial charge in [-0.05, 0) is 42.9 Å². The standard InChI is InChI=1S/C16H25NO3/c1-19-11-13-4-2-6-15(10-13)20-9-7-14-5-3-8-16(14,18)12-17/h2,4,6,10,14,18H,3,5,7-9,11-12,17H2,1H3. The van der Waals surface area contributed by atoms with Gasteiger partial charge in [-0.3, -0.25) is 0 Å². The molecule has 1 fully saturated rings. The molecule has 0 aromatic heterocycles. The Kier molecular flexibility index (Phi) is 5.40. The number of aliphatic hydroxyl groups is 1. The van der Waals surface area contributed by atoms with Crippen LogP contribution in [0.25, 0.3) is 0 Å². The van der Waals surface area contributed by atoms with Gasteiger partial charge in [0.05, 0.1) is 18.8 Å². The first-order valence-corrected chi connectivity index (χ1v) is 7.31. The fourth-order valence-electron chi connectivity index (χ4n) is 3.02.